The van der Waals surface area contributed by atoms with E-state index in [1.807, 2.05) is 0 Å². The monoisotopic (exact) mass is 344 g/mol. The van der Waals surface area contributed by atoms with E-state index in [0.29, 0.717) is 5.41 Å². The van der Waals surface area contributed by atoms with Crippen molar-refractivity contribution >= 4 is 45.8 Å². The van der Waals surface area contributed by atoms with E-state index in [1.165, 1.54) is 21.9 Å². The summed E-state index contributed by atoms with van der Waals surface area (Å²) >= 11 is 7.72. The van der Waals surface area contributed by atoms with Gasteiger partial charge in [0.2, 0.25) is 0 Å². The number of imidazole rings is 1. The van der Waals surface area contributed by atoms with Gasteiger partial charge in [-0.3, -0.25) is 0 Å². The highest BCUT2D eigenvalue weighted by Gasteiger charge is 2.37. The molecule has 1 aliphatic carbocycles. The second kappa shape index (κ2) is 3.57. The van der Waals surface area contributed by atoms with Gasteiger partial charge >= 0.3 is 0 Å². The smallest absolute Gasteiger partial charge is 0.178 e. The summed E-state index contributed by atoms with van der Waals surface area (Å²) in [6.45, 7) is 3.38. The molecule has 1 N–H and O–H groups in total. The molecule has 2 nitrogen and oxygen atoms in total. The highest BCUT2D eigenvalue weighted by molar-refractivity contribution is 14.1. The molecule has 0 aliphatic heterocycles. The molecule has 1 fully saturated rings. The van der Waals surface area contributed by atoms with E-state index in [1.54, 1.807) is 0 Å². The van der Waals surface area contributed by atoms with E-state index < -0.39 is 0 Å². The summed E-state index contributed by atoms with van der Waals surface area (Å²) in [5, 5.41) is 0. The van der Waals surface area contributed by atoms with Gasteiger partial charge in [0.15, 0.2) is 4.77 Å². The van der Waals surface area contributed by atoms with E-state index in [4.69, 9.17) is 12.2 Å². The number of aromatic nitrogens is 2. The Hall–Kier alpha value is -0.360. The molecular weight excluding hydrogens is 331 g/mol. The van der Waals surface area contributed by atoms with Gasteiger partial charge < -0.3 is 9.55 Å². The summed E-state index contributed by atoms with van der Waals surface area (Å²) in [6, 6.07) is 6.45. The number of nitrogens with one attached hydrogen (secondary N) is 1. The zero-order valence-corrected chi connectivity index (χ0v) is 12.1. The second-order valence-electron chi connectivity index (χ2n) is 4.99. The molecule has 1 aliphatic rings. The van der Waals surface area contributed by atoms with Gasteiger partial charge in [0.1, 0.15) is 0 Å². The lowest BCUT2D eigenvalue weighted by atomic mass is 10.1. The van der Waals surface area contributed by atoms with Crippen molar-refractivity contribution < 1.29 is 0 Å². The van der Waals surface area contributed by atoms with Crippen LogP contribution in [-0.2, 0) is 6.54 Å². The number of H-pyrrole nitrogens is 1. The number of nitrogens with zero attached hydrogens (tertiary/aromatic N) is 1. The normalized spacial score (nSPS) is 17.9. The van der Waals surface area contributed by atoms with Crippen molar-refractivity contribution in [2.75, 3.05) is 0 Å². The van der Waals surface area contributed by atoms with Crippen molar-refractivity contribution in [1.82, 2.24) is 9.55 Å². The maximum absolute atomic E-state index is 5.40. The SMILES string of the molecule is CC1(Cn2c(=S)[nH]c3cc(I)ccc32)CC1. The molecule has 0 radical (unpaired) electrons. The molecule has 3 rings (SSSR count). The largest absolute Gasteiger partial charge is 0.331 e. The third kappa shape index (κ3) is 1.82. The molecule has 16 heavy (non-hydrogen) atoms. The lowest BCUT2D eigenvalue weighted by molar-refractivity contribution is 0.469. The molecule has 1 saturated carbocycles. The van der Waals surface area contributed by atoms with Gasteiger partial charge in [0, 0.05) is 10.1 Å². The maximum Gasteiger partial charge on any atom is 0.178 e. The molecule has 0 bridgehead atoms. The van der Waals surface area contributed by atoms with Crippen LogP contribution in [-0.4, -0.2) is 9.55 Å². The Morgan fingerprint density at radius 3 is 2.94 bits per heavy atom. The summed E-state index contributed by atoms with van der Waals surface area (Å²) in [5.74, 6) is 0. The first-order chi connectivity index (χ1) is 7.57. The van der Waals surface area contributed by atoms with Gasteiger partial charge in [-0.25, -0.2) is 0 Å². The fourth-order valence-corrected chi connectivity index (χ4v) is 2.81. The Labute approximate surface area is 113 Å². The molecule has 1 aromatic carbocycles. The molecule has 4 heteroatoms. The third-order valence-corrected chi connectivity index (χ3v) is 4.37. The average Bonchev–Trinajstić information content (AvgIpc) is 2.86. The van der Waals surface area contributed by atoms with Crippen molar-refractivity contribution in [3.8, 4) is 0 Å². The van der Waals surface area contributed by atoms with E-state index in [2.05, 4.69) is 57.3 Å². The molecule has 84 valence electrons. The van der Waals surface area contributed by atoms with Gasteiger partial charge in [-0.15, -0.1) is 0 Å². The quantitative estimate of drug-likeness (QED) is 0.643. The molecular formula is C12H13IN2S. The maximum atomic E-state index is 5.40. The van der Waals surface area contributed by atoms with Gasteiger partial charge in [-0.05, 0) is 71.3 Å². The Balaban J connectivity index is 2.16. The van der Waals surface area contributed by atoms with Crippen LogP contribution >= 0.6 is 34.8 Å². The van der Waals surface area contributed by atoms with Crippen LogP contribution < -0.4 is 0 Å². The second-order valence-corrected chi connectivity index (χ2v) is 6.62. The fourth-order valence-electron chi connectivity index (χ4n) is 2.05. The summed E-state index contributed by atoms with van der Waals surface area (Å²) in [4.78, 5) is 3.29. The van der Waals surface area contributed by atoms with Crippen LogP contribution in [0.1, 0.15) is 19.8 Å². The summed E-state index contributed by atoms with van der Waals surface area (Å²) < 4.78 is 4.34. The summed E-state index contributed by atoms with van der Waals surface area (Å²) in [5.41, 5.74) is 2.87. The summed E-state index contributed by atoms with van der Waals surface area (Å²) in [6.07, 6.45) is 2.65. The topological polar surface area (TPSA) is 20.7 Å². The minimum absolute atomic E-state index is 0.482. The van der Waals surface area contributed by atoms with Crippen LogP contribution in [0.4, 0.5) is 0 Å². The Kier molecular flexibility index (Phi) is 2.40. The molecule has 1 aromatic heterocycles. The van der Waals surface area contributed by atoms with Gasteiger partial charge in [-0.2, -0.15) is 0 Å². The van der Waals surface area contributed by atoms with Crippen molar-refractivity contribution in [2.24, 2.45) is 5.41 Å². The minimum Gasteiger partial charge on any atom is -0.331 e. The fraction of sp³-hybridized carbons (Fsp3) is 0.417. The molecule has 0 saturated heterocycles. The molecule has 1 heterocycles. The van der Waals surface area contributed by atoms with E-state index >= 15 is 0 Å². The van der Waals surface area contributed by atoms with Gasteiger partial charge in [0.25, 0.3) is 0 Å². The predicted molar refractivity (Wildman–Crippen MR) is 77.2 cm³/mol. The first-order valence-corrected chi connectivity index (χ1v) is 6.94. The van der Waals surface area contributed by atoms with Crippen molar-refractivity contribution in [3.63, 3.8) is 0 Å². The van der Waals surface area contributed by atoms with Crippen molar-refractivity contribution in [3.05, 3.63) is 26.5 Å². The number of aromatic amines is 1. The number of hydrogen-bond donors (Lipinski definition) is 1. The summed E-state index contributed by atoms with van der Waals surface area (Å²) in [7, 11) is 0. The van der Waals surface area contributed by atoms with Crippen LogP contribution in [0.25, 0.3) is 11.0 Å². The number of benzene rings is 1. The molecule has 0 amide bonds. The molecule has 0 spiro atoms. The van der Waals surface area contributed by atoms with E-state index in [9.17, 15) is 0 Å². The number of fused-ring (bicyclic) bond motifs is 1. The zero-order valence-electron chi connectivity index (χ0n) is 9.09. The third-order valence-electron chi connectivity index (χ3n) is 3.38. The minimum atomic E-state index is 0.482. The lowest BCUT2D eigenvalue weighted by Gasteiger charge is -2.10. The Morgan fingerprint density at radius 2 is 2.25 bits per heavy atom. The zero-order chi connectivity index (χ0) is 11.3. The average molecular weight is 344 g/mol. The van der Waals surface area contributed by atoms with Crippen LogP contribution in [0.2, 0.25) is 0 Å². The Bertz CT molecular complexity index is 607. The van der Waals surface area contributed by atoms with E-state index in [0.717, 1.165) is 16.8 Å². The van der Waals surface area contributed by atoms with Crippen LogP contribution in [0.3, 0.4) is 0 Å². The molecule has 0 unspecified atom stereocenters. The number of halogens is 1. The van der Waals surface area contributed by atoms with E-state index in [-0.39, 0.29) is 0 Å². The first-order valence-electron chi connectivity index (χ1n) is 5.46. The Morgan fingerprint density at radius 1 is 1.50 bits per heavy atom. The highest BCUT2D eigenvalue weighted by atomic mass is 127. The first kappa shape index (κ1) is 10.8. The van der Waals surface area contributed by atoms with Crippen molar-refractivity contribution in [1.29, 1.82) is 0 Å². The van der Waals surface area contributed by atoms with Crippen LogP contribution in [0.15, 0.2) is 18.2 Å². The van der Waals surface area contributed by atoms with Gasteiger partial charge in [-0.1, -0.05) is 6.92 Å². The van der Waals surface area contributed by atoms with Crippen LogP contribution in [0.5, 0.6) is 0 Å². The van der Waals surface area contributed by atoms with Gasteiger partial charge in [0.05, 0.1) is 11.0 Å². The molecule has 0 atom stereocenters. The van der Waals surface area contributed by atoms with Crippen molar-refractivity contribution in [2.45, 2.75) is 26.3 Å². The van der Waals surface area contributed by atoms with Crippen LogP contribution in [0, 0.1) is 13.8 Å². The standard InChI is InChI=1S/C12H13IN2S/c1-12(4-5-12)7-15-10-3-2-8(13)6-9(10)14-11(15)16/h2-3,6H,4-5,7H2,1H3,(H,14,16). The number of rotatable bonds is 2. The highest BCUT2D eigenvalue weighted by Crippen LogP contribution is 2.46. The lowest BCUT2D eigenvalue weighted by Crippen LogP contribution is -2.07. The predicted octanol–water partition coefficient (Wildman–Crippen LogP) is 4.10. The molecule has 2 aromatic rings. The number of hydrogen-bond acceptors (Lipinski definition) is 1.